The first-order valence-electron chi connectivity index (χ1n) is 7.17. The summed E-state index contributed by atoms with van der Waals surface area (Å²) in [5.74, 6) is 0.390. The Labute approximate surface area is 134 Å². The summed E-state index contributed by atoms with van der Waals surface area (Å²) in [5, 5.41) is 0. The number of hydrogen-bond donors (Lipinski definition) is 1. The van der Waals surface area contributed by atoms with E-state index in [0.717, 1.165) is 28.0 Å². The van der Waals surface area contributed by atoms with Gasteiger partial charge in [-0.3, -0.25) is 9.78 Å². The summed E-state index contributed by atoms with van der Waals surface area (Å²) in [7, 11) is 1.65. The van der Waals surface area contributed by atoms with Gasteiger partial charge in [0.25, 0.3) is 0 Å². The third-order valence-corrected chi connectivity index (χ3v) is 3.66. The summed E-state index contributed by atoms with van der Waals surface area (Å²) in [4.78, 5) is 15.5. The zero-order valence-electron chi connectivity index (χ0n) is 12.7. The number of nitrogens with zero attached hydrogens (tertiary/aromatic N) is 1. The molecule has 1 aromatic heterocycles. The van der Waals surface area contributed by atoms with Crippen molar-refractivity contribution >= 4 is 5.91 Å². The zero-order valence-corrected chi connectivity index (χ0v) is 12.7. The fraction of sp³-hybridized carbons (Fsp3) is 0.0526. The van der Waals surface area contributed by atoms with Gasteiger partial charge in [-0.1, -0.05) is 24.3 Å². The monoisotopic (exact) mass is 304 g/mol. The minimum absolute atomic E-state index is 0.429. The molecule has 0 aliphatic carbocycles. The van der Waals surface area contributed by atoms with E-state index in [-0.39, 0.29) is 0 Å². The zero-order chi connectivity index (χ0) is 16.2. The van der Waals surface area contributed by atoms with Crippen LogP contribution in [0.25, 0.3) is 22.3 Å². The fourth-order valence-corrected chi connectivity index (χ4v) is 2.37. The molecule has 0 unspecified atom stereocenters. The number of aromatic nitrogens is 1. The number of nitrogens with two attached hydrogens (primary N) is 1. The Balaban J connectivity index is 1.93. The minimum Gasteiger partial charge on any atom is -0.497 e. The third-order valence-electron chi connectivity index (χ3n) is 3.66. The van der Waals surface area contributed by atoms with Crippen molar-refractivity contribution in [1.29, 1.82) is 0 Å². The van der Waals surface area contributed by atoms with Crippen LogP contribution >= 0.6 is 0 Å². The van der Waals surface area contributed by atoms with Gasteiger partial charge in [0, 0.05) is 29.1 Å². The fourth-order valence-electron chi connectivity index (χ4n) is 2.37. The highest BCUT2D eigenvalue weighted by Gasteiger charge is 2.05. The second-order valence-corrected chi connectivity index (χ2v) is 5.13. The Morgan fingerprint density at radius 2 is 1.39 bits per heavy atom. The van der Waals surface area contributed by atoms with E-state index in [0.29, 0.717) is 5.56 Å². The molecular weight excluding hydrogens is 288 g/mol. The lowest BCUT2D eigenvalue weighted by atomic mass is 10.0. The summed E-state index contributed by atoms with van der Waals surface area (Å²) in [6.07, 6.45) is 3.62. The van der Waals surface area contributed by atoms with E-state index >= 15 is 0 Å². The lowest BCUT2D eigenvalue weighted by Gasteiger charge is -2.07. The van der Waals surface area contributed by atoms with Gasteiger partial charge >= 0.3 is 0 Å². The van der Waals surface area contributed by atoms with Gasteiger partial charge < -0.3 is 10.5 Å². The van der Waals surface area contributed by atoms with Gasteiger partial charge in [-0.2, -0.15) is 0 Å². The van der Waals surface area contributed by atoms with Crippen molar-refractivity contribution in [2.24, 2.45) is 5.73 Å². The standard InChI is InChI=1S/C19H16N2O2/c1-23-18-8-6-14(7-9-18)17-10-16(11-21-12-17)13-2-4-15(5-3-13)19(20)22/h2-12H,1H3,(H2,20,22). The highest BCUT2D eigenvalue weighted by Crippen LogP contribution is 2.26. The molecule has 3 aromatic rings. The number of pyridine rings is 1. The number of rotatable bonds is 4. The van der Waals surface area contributed by atoms with Crippen LogP contribution in [0.4, 0.5) is 0 Å². The molecule has 0 fully saturated rings. The van der Waals surface area contributed by atoms with Gasteiger partial charge in [-0.15, -0.1) is 0 Å². The second kappa shape index (κ2) is 6.32. The van der Waals surface area contributed by atoms with Crippen molar-refractivity contribution in [2.75, 3.05) is 7.11 Å². The minimum atomic E-state index is -0.429. The normalized spacial score (nSPS) is 10.3. The van der Waals surface area contributed by atoms with E-state index in [1.54, 1.807) is 25.4 Å². The predicted octanol–water partition coefficient (Wildman–Crippen LogP) is 3.52. The first-order valence-corrected chi connectivity index (χ1v) is 7.17. The molecule has 4 nitrogen and oxygen atoms in total. The predicted molar refractivity (Wildman–Crippen MR) is 90.2 cm³/mol. The number of carbonyl (C=O) groups is 1. The topological polar surface area (TPSA) is 65.2 Å². The van der Waals surface area contributed by atoms with Crippen LogP contribution in [-0.4, -0.2) is 18.0 Å². The molecule has 23 heavy (non-hydrogen) atoms. The van der Waals surface area contributed by atoms with Crippen molar-refractivity contribution in [1.82, 2.24) is 4.98 Å². The number of carbonyl (C=O) groups excluding carboxylic acids is 1. The van der Waals surface area contributed by atoms with E-state index < -0.39 is 5.91 Å². The summed E-state index contributed by atoms with van der Waals surface area (Å²) >= 11 is 0. The smallest absolute Gasteiger partial charge is 0.248 e. The lowest BCUT2D eigenvalue weighted by molar-refractivity contribution is 0.100. The quantitative estimate of drug-likeness (QED) is 0.802. The molecule has 3 rings (SSSR count). The molecule has 2 N–H and O–H groups in total. The summed E-state index contributed by atoms with van der Waals surface area (Å²) in [5.41, 5.74) is 9.80. The molecule has 0 saturated heterocycles. The Morgan fingerprint density at radius 1 is 0.870 bits per heavy atom. The van der Waals surface area contributed by atoms with E-state index in [1.165, 1.54) is 0 Å². The molecule has 2 aromatic carbocycles. The molecule has 1 heterocycles. The molecule has 114 valence electrons. The third kappa shape index (κ3) is 3.21. The largest absolute Gasteiger partial charge is 0.497 e. The Hall–Kier alpha value is -3.14. The van der Waals surface area contributed by atoms with E-state index in [9.17, 15) is 4.79 Å². The van der Waals surface area contributed by atoms with Crippen LogP contribution in [0, 0.1) is 0 Å². The molecule has 0 radical (unpaired) electrons. The van der Waals surface area contributed by atoms with Crippen molar-refractivity contribution in [3.05, 3.63) is 72.6 Å². The molecule has 0 bridgehead atoms. The number of benzene rings is 2. The Kier molecular flexibility index (Phi) is 4.06. The molecular formula is C19H16N2O2. The van der Waals surface area contributed by atoms with Crippen LogP contribution in [-0.2, 0) is 0 Å². The van der Waals surface area contributed by atoms with Gasteiger partial charge in [-0.25, -0.2) is 0 Å². The SMILES string of the molecule is COc1ccc(-c2cncc(-c3ccc(C(N)=O)cc3)c2)cc1. The van der Waals surface area contributed by atoms with E-state index in [2.05, 4.69) is 11.1 Å². The van der Waals surface area contributed by atoms with Crippen LogP contribution in [0.15, 0.2) is 67.0 Å². The Bertz CT molecular complexity index is 825. The summed E-state index contributed by atoms with van der Waals surface area (Å²) < 4.78 is 5.18. The maximum Gasteiger partial charge on any atom is 0.248 e. The van der Waals surface area contributed by atoms with Gasteiger partial charge in [0.1, 0.15) is 5.75 Å². The summed E-state index contributed by atoms with van der Waals surface area (Å²) in [6.45, 7) is 0. The highest BCUT2D eigenvalue weighted by atomic mass is 16.5. The molecule has 0 aliphatic rings. The number of ether oxygens (including phenoxy) is 1. The van der Waals surface area contributed by atoms with E-state index in [4.69, 9.17) is 10.5 Å². The van der Waals surface area contributed by atoms with E-state index in [1.807, 2.05) is 42.6 Å². The van der Waals surface area contributed by atoms with Gasteiger partial charge in [0.05, 0.1) is 7.11 Å². The molecule has 1 amide bonds. The molecule has 0 spiro atoms. The van der Waals surface area contributed by atoms with Crippen molar-refractivity contribution in [3.63, 3.8) is 0 Å². The first-order chi connectivity index (χ1) is 11.2. The number of primary amides is 1. The molecule has 4 heteroatoms. The molecule has 0 aliphatic heterocycles. The Morgan fingerprint density at radius 3 is 1.87 bits per heavy atom. The van der Waals surface area contributed by atoms with Crippen LogP contribution in [0.2, 0.25) is 0 Å². The number of amides is 1. The second-order valence-electron chi connectivity index (χ2n) is 5.13. The van der Waals surface area contributed by atoms with Crippen molar-refractivity contribution < 1.29 is 9.53 Å². The van der Waals surface area contributed by atoms with Crippen LogP contribution in [0.1, 0.15) is 10.4 Å². The maximum atomic E-state index is 11.1. The highest BCUT2D eigenvalue weighted by molar-refractivity contribution is 5.93. The van der Waals surface area contributed by atoms with Gasteiger partial charge in [0.15, 0.2) is 0 Å². The van der Waals surface area contributed by atoms with Crippen LogP contribution < -0.4 is 10.5 Å². The molecule has 0 saturated carbocycles. The lowest BCUT2D eigenvalue weighted by Crippen LogP contribution is -2.10. The van der Waals surface area contributed by atoms with Crippen LogP contribution in [0.5, 0.6) is 5.75 Å². The van der Waals surface area contributed by atoms with Gasteiger partial charge in [-0.05, 0) is 41.5 Å². The van der Waals surface area contributed by atoms with Crippen molar-refractivity contribution in [2.45, 2.75) is 0 Å². The average Bonchev–Trinajstić information content (AvgIpc) is 2.62. The van der Waals surface area contributed by atoms with Gasteiger partial charge in [0.2, 0.25) is 5.91 Å². The maximum absolute atomic E-state index is 11.1. The molecule has 0 atom stereocenters. The first kappa shape index (κ1) is 14.8. The van der Waals surface area contributed by atoms with Crippen LogP contribution in [0.3, 0.4) is 0 Å². The number of methoxy groups -OCH3 is 1. The number of hydrogen-bond acceptors (Lipinski definition) is 3. The summed E-state index contributed by atoms with van der Waals surface area (Å²) in [6, 6.07) is 17.1. The average molecular weight is 304 g/mol. The van der Waals surface area contributed by atoms with Crippen molar-refractivity contribution in [3.8, 4) is 28.0 Å².